The minimum atomic E-state index is -1.28. The van der Waals surface area contributed by atoms with E-state index in [0.29, 0.717) is 25.8 Å². The molecule has 0 aromatic rings. The average molecular weight is 503 g/mol. The number of carbonyl (C=O) groups excluding carboxylic acids is 3. The van der Waals surface area contributed by atoms with Crippen LogP contribution >= 0.6 is 0 Å². The number of nitrogens with two attached hydrogens (primary N) is 4. The molecule has 0 saturated heterocycles. The van der Waals surface area contributed by atoms with Gasteiger partial charge in [0.1, 0.15) is 18.1 Å². The molecule has 200 valence electrons. The predicted octanol–water partition coefficient (Wildman–Crippen LogP) is -3.08. The summed E-state index contributed by atoms with van der Waals surface area (Å²) in [5.41, 5.74) is 21.6. The lowest BCUT2D eigenvalue weighted by Crippen LogP contribution is -2.56. The molecule has 0 aromatic heterocycles. The van der Waals surface area contributed by atoms with Crippen molar-refractivity contribution in [3.05, 3.63) is 0 Å². The minimum absolute atomic E-state index is 0.0395. The Morgan fingerprint density at radius 3 is 2.00 bits per heavy atom. The van der Waals surface area contributed by atoms with Gasteiger partial charge in [0.05, 0.1) is 6.04 Å². The third kappa shape index (κ3) is 14.4. The summed E-state index contributed by atoms with van der Waals surface area (Å²) in [4.78, 5) is 63.6. The van der Waals surface area contributed by atoms with E-state index in [4.69, 9.17) is 28.0 Å². The van der Waals surface area contributed by atoms with Crippen molar-refractivity contribution in [3.8, 4) is 0 Å². The standard InChI is InChI=1S/C20H38N8O7/c1-11(16(31)28-14(19(34)35)6-4-10-25-20(23)24)26-18(33)13(7-8-15(29)30)27-17(32)12(22)5-2-3-9-21/h11-14H,2-10,21-22H2,1H3,(H,26,33)(H,27,32)(H,28,31)(H,29,30)(H,34,35)(H4,23,24,25). The van der Waals surface area contributed by atoms with E-state index in [2.05, 4.69) is 20.9 Å². The fourth-order valence-electron chi connectivity index (χ4n) is 2.89. The lowest BCUT2D eigenvalue weighted by atomic mass is 10.1. The minimum Gasteiger partial charge on any atom is -0.481 e. The molecule has 4 atom stereocenters. The van der Waals surface area contributed by atoms with Crippen LogP contribution in [0, 0.1) is 0 Å². The van der Waals surface area contributed by atoms with E-state index in [0.717, 1.165) is 0 Å². The first-order valence-corrected chi connectivity index (χ1v) is 11.3. The number of aliphatic carboxylic acids is 2. The summed E-state index contributed by atoms with van der Waals surface area (Å²) in [5, 5.41) is 25.4. The molecule has 0 bridgehead atoms. The largest absolute Gasteiger partial charge is 0.481 e. The van der Waals surface area contributed by atoms with Crippen molar-refractivity contribution in [3.63, 3.8) is 0 Å². The molecule has 3 amide bonds. The number of amides is 3. The number of hydrogen-bond donors (Lipinski definition) is 9. The van der Waals surface area contributed by atoms with E-state index in [1.54, 1.807) is 0 Å². The molecule has 0 rings (SSSR count). The van der Waals surface area contributed by atoms with Gasteiger partial charge in [0, 0.05) is 13.0 Å². The topological polar surface area (TPSA) is 278 Å². The zero-order valence-corrected chi connectivity index (χ0v) is 19.9. The Balaban J connectivity index is 5.05. The van der Waals surface area contributed by atoms with Crippen LogP contribution in [0.25, 0.3) is 0 Å². The SMILES string of the molecule is CC(NC(=O)C(CCC(=O)O)NC(=O)C(N)CCCCN)C(=O)NC(CCCN=C(N)N)C(=O)O. The van der Waals surface area contributed by atoms with Crippen LogP contribution in [0.1, 0.15) is 51.9 Å². The highest BCUT2D eigenvalue weighted by atomic mass is 16.4. The van der Waals surface area contributed by atoms with Crippen molar-refractivity contribution in [2.45, 2.75) is 76.0 Å². The Labute approximate surface area is 203 Å². The molecule has 0 heterocycles. The Hall–Kier alpha value is -3.46. The number of carboxylic acid groups (broad SMARTS) is 2. The quantitative estimate of drug-likeness (QED) is 0.0514. The maximum atomic E-state index is 12.7. The molecule has 0 saturated carbocycles. The van der Waals surface area contributed by atoms with Crippen LogP contribution in [0.5, 0.6) is 0 Å². The van der Waals surface area contributed by atoms with E-state index in [-0.39, 0.29) is 31.8 Å². The number of nitrogens with one attached hydrogen (secondary N) is 3. The van der Waals surface area contributed by atoms with Gasteiger partial charge in [-0.25, -0.2) is 4.79 Å². The summed E-state index contributed by atoms with van der Waals surface area (Å²) in [6.45, 7) is 1.94. The van der Waals surface area contributed by atoms with Gasteiger partial charge in [0.2, 0.25) is 17.7 Å². The highest BCUT2D eigenvalue weighted by Gasteiger charge is 2.28. The average Bonchev–Trinajstić information content (AvgIpc) is 2.77. The molecule has 15 heteroatoms. The van der Waals surface area contributed by atoms with Crippen LogP contribution in [0.4, 0.5) is 0 Å². The Kier molecular flexibility index (Phi) is 15.4. The molecule has 35 heavy (non-hydrogen) atoms. The molecule has 0 aliphatic rings. The number of carbonyl (C=O) groups is 5. The van der Waals surface area contributed by atoms with Crippen LogP contribution in [0.3, 0.4) is 0 Å². The molecule has 0 aliphatic heterocycles. The second kappa shape index (κ2) is 17.0. The smallest absolute Gasteiger partial charge is 0.326 e. The number of aliphatic imine (C=N–C) groups is 1. The zero-order valence-electron chi connectivity index (χ0n) is 19.9. The molecule has 13 N–H and O–H groups in total. The summed E-state index contributed by atoms with van der Waals surface area (Å²) >= 11 is 0. The predicted molar refractivity (Wildman–Crippen MR) is 127 cm³/mol. The molecule has 4 unspecified atom stereocenters. The van der Waals surface area contributed by atoms with E-state index < -0.39 is 60.2 Å². The van der Waals surface area contributed by atoms with Gasteiger partial charge >= 0.3 is 11.9 Å². The molecule has 15 nitrogen and oxygen atoms in total. The van der Waals surface area contributed by atoms with Crippen LogP contribution in [-0.4, -0.2) is 83.1 Å². The first-order valence-electron chi connectivity index (χ1n) is 11.3. The Morgan fingerprint density at radius 2 is 1.46 bits per heavy atom. The Morgan fingerprint density at radius 1 is 0.829 bits per heavy atom. The van der Waals surface area contributed by atoms with Crippen LogP contribution in [0.2, 0.25) is 0 Å². The van der Waals surface area contributed by atoms with Crippen molar-refractivity contribution in [2.75, 3.05) is 13.1 Å². The summed E-state index contributed by atoms with van der Waals surface area (Å²) in [6, 6.07) is -4.60. The monoisotopic (exact) mass is 502 g/mol. The zero-order chi connectivity index (χ0) is 27.0. The normalized spacial score (nSPS) is 14.0. The lowest BCUT2D eigenvalue weighted by molar-refractivity contribution is -0.142. The summed E-state index contributed by atoms with van der Waals surface area (Å²) in [7, 11) is 0. The van der Waals surface area contributed by atoms with Gasteiger partial charge in [-0.05, 0) is 45.6 Å². The number of rotatable bonds is 18. The van der Waals surface area contributed by atoms with Crippen molar-refractivity contribution >= 4 is 35.6 Å². The first kappa shape index (κ1) is 31.5. The van der Waals surface area contributed by atoms with Crippen molar-refractivity contribution < 1.29 is 34.2 Å². The van der Waals surface area contributed by atoms with Gasteiger partial charge in [0.15, 0.2) is 5.96 Å². The van der Waals surface area contributed by atoms with Crippen LogP contribution in [0.15, 0.2) is 4.99 Å². The number of hydrogen-bond acceptors (Lipinski definition) is 8. The summed E-state index contributed by atoms with van der Waals surface area (Å²) in [5.74, 6) is -4.84. The van der Waals surface area contributed by atoms with Crippen LogP contribution < -0.4 is 38.9 Å². The van der Waals surface area contributed by atoms with Gasteiger partial charge in [-0.15, -0.1) is 0 Å². The third-order valence-corrected chi connectivity index (χ3v) is 4.90. The fourth-order valence-corrected chi connectivity index (χ4v) is 2.89. The first-order chi connectivity index (χ1) is 16.4. The van der Waals surface area contributed by atoms with E-state index in [1.807, 2.05) is 0 Å². The van der Waals surface area contributed by atoms with E-state index in [9.17, 15) is 29.1 Å². The third-order valence-electron chi connectivity index (χ3n) is 4.90. The molecule has 0 radical (unpaired) electrons. The maximum absolute atomic E-state index is 12.7. The fraction of sp³-hybridized carbons (Fsp3) is 0.700. The number of unbranched alkanes of at least 4 members (excludes halogenated alkanes) is 1. The summed E-state index contributed by atoms with van der Waals surface area (Å²) < 4.78 is 0. The number of nitrogens with zero attached hydrogens (tertiary/aromatic N) is 1. The van der Waals surface area contributed by atoms with Crippen molar-refractivity contribution in [1.29, 1.82) is 0 Å². The Bertz CT molecular complexity index is 758. The van der Waals surface area contributed by atoms with Crippen LogP contribution in [-0.2, 0) is 24.0 Å². The van der Waals surface area contributed by atoms with Crippen molar-refractivity contribution in [2.24, 2.45) is 27.9 Å². The van der Waals surface area contributed by atoms with E-state index in [1.165, 1.54) is 6.92 Å². The van der Waals surface area contributed by atoms with Gasteiger partial charge in [-0.2, -0.15) is 0 Å². The highest BCUT2D eigenvalue weighted by Crippen LogP contribution is 2.04. The van der Waals surface area contributed by atoms with Gasteiger partial charge in [-0.1, -0.05) is 6.42 Å². The summed E-state index contributed by atoms with van der Waals surface area (Å²) in [6.07, 6.45) is 1.27. The van der Waals surface area contributed by atoms with Gasteiger partial charge in [0.25, 0.3) is 0 Å². The highest BCUT2D eigenvalue weighted by molar-refractivity contribution is 5.94. The van der Waals surface area contributed by atoms with Crippen molar-refractivity contribution in [1.82, 2.24) is 16.0 Å². The van der Waals surface area contributed by atoms with E-state index >= 15 is 0 Å². The van der Waals surface area contributed by atoms with Gasteiger partial charge in [-0.3, -0.25) is 24.2 Å². The number of guanidine groups is 1. The molecular weight excluding hydrogens is 464 g/mol. The molecule has 0 aromatic carbocycles. The second-order valence-corrected chi connectivity index (χ2v) is 7.96. The maximum Gasteiger partial charge on any atom is 0.326 e. The van der Waals surface area contributed by atoms with Gasteiger partial charge < -0.3 is 49.1 Å². The number of carboxylic acids is 2. The molecular formula is C20H38N8O7. The second-order valence-electron chi connectivity index (χ2n) is 7.96. The molecule has 0 fully saturated rings. The molecule has 0 spiro atoms. The lowest BCUT2D eigenvalue weighted by Gasteiger charge is -2.23. The molecule has 0 aliphatic carbocycles.